The summed E-state index contributed by atoms with van der Waals surface area (Å²) in [6.07, 6.45) is 3.31. The first kappa shape index (κ1) is 25.3. The first-order valence-corrected chi connectivity index (χ1v) is 13.0. The van der Waals surface area contributed by atoms with Gasteiger partial charge in [0.15, 0.2) is 0 Å². The van der Waals surface area contributed by atoms with Gasteiger partial charge in [0, 0.05) is 49.9 Å². The van der Waals surface area contributed by atoms with Crippen LogP contribution in [0.1, 0.15) is 10.4 Å². The Hall–Kier alpha value is -4.38. The number of hydrogen-bond acceptors (Lipinski definition) is 9. The molecule has 4 aromatic rings. The number of thioether (sulfide) groups is 1. The number of piperazine rings is 1. The van der Waals surface area contributed by atoms with Crippen molar-refractivity contribution in [2.45, 2.75) is 5.22 Å². The number of pyridine rings is 1. The van der Waals surface area contributed by atoms with Gasteiger partial charge in [0.05, 0.1) is 24.0 Å². The summed E-state index contributed by atoms with van der Waals surface area (Å²) in [4.78, 5) is 33.5. The van der Waals surface area contributed by atoms with Gasteiger partial charge in [-0.2, -0.15) is 0 Å². The van der Waals surface area contributed by atoms with Crippen LogP contribution in [0, 0.1) is 0 Å². The third-order valence-electron chi connectivity index (χ3n) is 6.06. The smallest absolute Gasteiger partial charge is 0.277 e. The minimum Gasteiger partial charge on any atom is -0.496 e. The predicted molar refractivity (Wildman–Crippen MR) is 144 cm³/mol. The molecular weight excluding hydrogens is 504 g/mol. The lowest BCUT2D eigenvalue weighted by molar-refractivity contribution is -0.113. The van der Waals surface area contributed by atoms with E-state index in [9.17, 15) is 9.59 Å². The summed E-state index contributed by atoms with van der Waals surface area (Å²) < 4.78 is 10.9. The van der Waals surface area contributed by atoms with Crippen molar-refractivity contribution >= 4 is 35.0 Å². The van der Waals surface area contributed by atoms with Crippen molar-refractivity contribution in [3.8, 4) is 17.2 Å². The number of carbonyl (C=O) groups is 2. The van der Waals surface area contributed by atoms with Gasteiger partial charge in [-0.15, -0.1) is 10.2 Å². The number of nitrogens with zero attached hydrogens (tertiary/aromatic N) is 5. The molecule has 3 heterocycles. The molecule has 0 saturated carbocycles. The van der Waals surface area contributed by atoms with E-state index < -0.39 is 0 Å². The molecule has 11 heteroatoms. The van der Waals surface area contributed by atoms with Gasteiger partial charge in [0.1, 0.15) is 5.75 Å². The molecule has 0 unspecified atom stereocenters. The van der Waals surface area contributed by atoms with Gasteiger partial charge in [-0.25, -0.2) is 0 Å². The number of carbonyl (C=O) groups excluding carboxylic acids is 2. The van der Waals surface area contributed by atoms with Crippen molar-refractivity contribution in [3.63, 3.8) is 0 Å². The molecule has 2 aromatic carbocycles. The molecule has 0 atom stereocenters. The molecule has 0 spiro atoms. The van der Waals surface area contributed by atoms with E-state index in [0.29, 0.717) is 54.3 Å². The predicted octanol–water partition coefficient (Wildman–Crippen LogP) is 3.83. The number of nitrogens with one attached hydrogen (secondary N) is 1. The monoisotopic (exact) mass is 530 g/mol. The van der Waals surface area contributed by atoms with Crippen molar-refractivity contribution in [2.75, 3.05) is 49.3 Å². The average molecular weight is 531 g/mol. The standard InChI is InChI=1S/C27H26N6O4S/c1-36-23-7-3-2-6-22(23)26(35)33-15-13-32(14-16-33)21-10-8-20(9-11-21)29-24(34)18-38-27-31-30-25(37-27)19-5-4-12-28-17-19/h2-12,17H,13-16,18H2,1H3,(H,29,34). The maximum Gasteiger partial charge on any atom is 0.277 e. The van der Waals surface area contributed by atoms with Gasteiger partial charge in [-0.3, -0.25) is 14.6 Å². The number of anilines is 2. The number of rotatable bonds is 8. The molecule has 1 aliphatic rings. The molecule has 2 aromatic heterocycles. The fourth-order valence-electron chi connectivity index (χ4n) is 4.11. The number of amides is 2. The minimum atomic E-state index is -0.174. The molecular formula is C27H26N6O4S. The normalized spacial score (nSPS) is 13.3. The highest BCUT2D eigenvalue weighted by molar-refractivity contribution is 7.99. The lowest BCUT2D eigenvalue weighted by atomic mass is 10.1. The van der Waals surface area contributed by atoms with E-state index in [2.05, 4.69) is 25.4 Å². The molecule has 194 valence electrons. The van der Waals surface area contributed by atoms with Crippen LogP contribution in [-0.4, -0.2) is 70.9 Å². The maximum atomic E-state index is 12.9. The quantitative estimate of drug-likeness (QED) is 0.340. The Morgan fingerprint density at radius 3 is 2.53 bits per heavy atom. The van der Waals surface area contributed by atoms with Crippen LogP contribution < -0.4 is 15.0 Å². The molecule has 5 rings (SSSR count). The Labute approximate surface area is 224 Å². The second-order valence-corrected chi connectivity index (χ2v) is 9.40. The summed E-state index contributed by atoms with van der Waals surface area (Å²) in [5, 5.41) is 11.2. The van der Waals surface area contributed by atoms with E-state index in [1.807, 2.05) is 47.4 Å². The third-order valence-corrected chi connectivity index (χ3v) is 6.88. The number of ether oxygens (including phenoxy) is 1. The van der Waals surface area contributed by atoms with Crippen LogP contribution in [0.25, 0.3) is 11.5 Å². The fourth-order valence-corrected chi connectivity index (χ4v) is 4.68. The third kappa shape index (κ3) is 5.94. The molecule has 1 aliphatic heterocycles. The SMILES string of the molecule is COc1ccccc1C(=O)N1CCN(c2ccc(NC(=O)CSc3nnc(-c4cccnc4)o3)cc2)CC1. The Balaban J connectivity index is 1.09. The van der Waals surface area contributed by atoms with E-state index in [4.69, 9.17) is 9.15 Å². The van der Waals surface area contributed by atoms with Crippen LogP contribution >= 0.6 is 11.8 Å². The molecule has 1 saturated heterocycles. The van der Waals surface area contributed by atoms with Crippen LogP contribution in [0.4, 0.5) is 11.4 Å². The highest BCUT2D eigenvalue weighted by atomic mass is 32.2. The lowest BCUT2D eigenvalue weighted by Crippen LogP contribution is -2.48. The van der Waals surface area contributed by atoms with Crippen LogP contribution in [0.15, 0.2) is 82.7 Å². The number of para-hydroxylation sites is 1. The van der Waals surface area contributed by atoms with Gasteiger partial charge >= 0.3 is 0 Å². The fraction of sp³-hybridized carbons (Fsp3) is 0.222. The van der Waals surface area contributed by atoms with Gasteiger partial charge < -0.3 is 24.3 Å². The van der Waals surface area contributed by atoms with E-state index in [1.54, 1.807) is 37.7 Å². The molecule has 0 bridgehead atoms. The van der Waals surface area contributed by atoms with Crippen molar-refractivity contribution in [3.05, 3.63) is 78.6 Å². The van der Waals surface area contributed by atoms with Gasteiger partial charge in [-0.1, -0.05) is 23.9 Å². The zero-order chi connectivity index (χ0) is 26.3. The summed E-state index contributed by atoms with van der Waals surface area (Å²) >= 11 is 1.17. The Bertz CT molecular complexity index is 1390. The average Bonchev–Trinajstić information content (AvgIpc) is 3.46. The van der Waals surface area contributed by atoms with Crippen molar-refractivity contribution < 1.29 is 18.7 Å². The minimum absolute atomic E-state index is 0.0214. The number of hydrogen-bond donors (Lipinski definition) is 1. The molecule has 1 fully saturated rings. The zero-order valence-electron chi connectivity index (χ0n) is 20.7. The van der Waals surface area contributed by atoms with E-state index in [-0.39, 0.29) is 17.6 Å². The Morgan fingerprint density at radius 1 is 1.00 bits per heavy atom. The summed E-state index contributed by atoms with van der Waals surface area (Å²) in [6, 6.07) is 18.6. The van der Waals surface area contributed by atoms with Crippen molar-refractivity contribution in [2.24, 2.45) is 0 Å². The second-order valence-electron chi connectivity index (χ2n) is 8.48. The maximum absolute atomic E-state index is 12.9. The first-order valence-electron chi connectivity index (χ1n) is 12.0. The molecule has 1 N–H and O–H groups in total. The summed E-state index contributed by atoms with van der Waals surface area (Å²) in [5.41, 5.74) is 3.04. The Kier molecular flexibility index (Phi) is 7.84. The zero-order valence-corrected chi connectivity index (χ0v) is 21.6. The molecule has 10 nitrogen and oxygen atoms in total. The highest BCUT2D eigenvalue weighted by Gasteiger charge is 2.24. The first-order chi connectivity index (χ1) is 18.6. The summed E-state index contributed by atoms with van der Waals surface area (Å²) in [5.74, 6) is 0.891. The van der Waals surface area contributed by atoms with Crippen molar-refractivity contribution in [1.82, 2.24) is 20.1 Å². The summed E-state index contributed by atoms with van der Waals surface area (Å²) in [7, 11) is 1.57. The second kappa shape index (κ2) is 11.8. The van der Waals surface area contributed by atoms with Crippen LogP contribution in [0.2, 0.25) is 0 Å². The van der Waals surface area contributed by atoms with Gasteiger partial charge in [0.25, 0.3) is 11.1 Å². The summed E-state index contributed by atoms with van der Waals surface area (Å²) in [6.45, 7) is 2.67. The van der Waals surface area contributed by atoms with Gasteiger partial charge in [0.2, 0.25) is 11.8 Å². The molecule has 0 aliphatic carbocycles. The van der Waals surface area contributed by atoms with Crippen LogP contribution in [0.5, 0.6) is 5.75 Å². The number of methoxy groups -OCH3 is 1. The van der Waals surface area contributed by atoms with E-state index in [0.717, 1.165) is 11.3 Å². The lowest BCUT2D eigenvalue weighted by Gasteiger charge is -2.36. The Morgan fingerprint density at radius 2 is 1.79 bits per heavy atom. The number of benzene rings is 2. The van der Waals surface area contributed by atoms with Gasteiger partial charge in [-0.05, 0) is 48.5 Å². The number of aromatic nitrogens is 3. The topological polar surface area (TPSA) is 114 Å². The molecule has 2 amide bonds. The van der Waals surface area contributed by atoms with E-state index >= 15 is 0 Å². The highest BCUT2D eigenvalue weighted by Crippen LogP contribution is 2.24. The van der Waals surface area contributed by atoms with Crippen LogP contribution in [0.3, 0.4) is 0 Å². The molecule has 38 heavy (non-hydrogen) atoms. The van der Waals surface area contributed by atoms with Crippen molar-refractivity contribution in [1.29, 1.82) is 0 Å². The van der Waals surface area contributed by atoms with E-state index in [1.165, 1.54) is 11.8 Å². The largest absolute Gasteiger partial charge is 0.496 e. The van der Waals surface area contributed by atoms with Crippen LogP contribution in [-0.2, 0) is 4.79 Å². The molecule has 0 radical (unpaired) electrons.